The highest BCUT2D eigenvalue weighted by Gasteiger charge is 2.16. The molecule has 2 heterocycles. The fourth-order valence-corrected chi connectivity index (χ4v) is 3.15. The van der Waals surface area contributed by atoms with Crippen LogP contribution in [-0.4, -0.2) is 38.3 Å². The first-order chi connectivity index (χ1) is 14.6. The Bertz CT molecular complexity index is 1280. The van der Waals surface area contributed by atoms with Crippen LogP contribution in [0.25, 0.3) is 16.7 Å². The van der Waals surface area contributed by atoms with Crippen molar-refractivity contribution in [1.82, 2.24) is 19.2 Å². The Morgan fingerprint density at radius 1 is 1.00 bits per heavy atom. The number of aromatic nitrogens is 4. The molecular formula is C21H20N4O5. The van der Waals surface area contributed by atoms with Crippen molar-refractivity contribution in [3.8, 4) is 11.5 Å². The maximum absolute atomic E-state index is 12.5. The second kappa shape index (κ2) is 8.24. The quantitative estimate of drug-likeness (QED) is 0.432. The summed E-state index contributed by atoms with van der Waals surface area (Å²) < 4.78 is 19.4. The molecule has 0 aliphatic heterocycles. The molecule has 30 heavy (non-hydrogen) atoms. The zero-order valence-corrected chi connectivity index (χ0v) is 16.6. The van der Waals surface area contributed by atoms with Gasteiger partial charge in [-0.1, -0.05) is 24.3 Å². The largest absolute Gasteiger partial charge is 0.490 e. The lowest BCUT2D eigenvalue weighted by atomic mass is 10.2. The van der Waals surface area contributed by atoms with Gasteiger partial charge in [0.1, 0.15) is 0 Å². The molecule has 0 spiro atoms. The van der Waals surface area contributed by atoms with E-state index in [9.17, 15) is 9.59 Å². The van der Waals surface area contributed by atoms with Crippen molar-refractivity contribution in [1.29, 1.82) is 0 Å². The molecule has 0 amide bonds. The Balaban J connectivity index is 1.51. The van der Waals surface area contributed by atoms with Crippen LogP contribution in [0.2, 0.25) is 0 Å². The molecular weight excluding hydrogens is 388 g/mol. The van der Waals surface area contributed by atoms with Crippen molar-refractivity contribution < 1.29 is 19.0 Å². The van der Waals surface area contributed by atoms with Gasteiger partial charge in [-0.15, -0.1) is 10.2 Å². The minimum absolute atomic E-state index is 0.112. The van der Waals surface area contributed by atoms with E-state index < -0.39 is 5.97 Å². The van der Waals surface area contributed by atoms with Crippen LogP contribution >= 0.6 is 0 Å². The summed E-state index contributed by atoms with van der Waals surface area (Å²) >= 11 is 0. The molecule has 0 saturated carbocycles. The number of carbonyl (C=O) groups is 1. The maximum Gasteiger partial charge on any atom is 0.344 e. The second-order valence-electron chi connectivity index (χ2n) is 6.46. The summed E-state index contributed by atoms with van der Waals surface area (Å²) in [7, 11) is 1.62. The average Bonchev–Trinajstić information content (AvgIpc) is 3.20. The summed E-state index contributed by atoms with van der Waals surface area (Å²) in [5.41, 5.74) is 0.476. The van der Waals surface area contributed by atoms with Gasteiger partial charge in [-0.2, -0.15) is 0 Å². The fraction of sp³-hybridized carbons (Fsp3) is 0.238. The molecule has 0 fully saturated rings. The maximum atomic E-state index is 12.5. The predicted octanol–water partition coefficient (Wildman–Crippen LogP) is 2.10. The van der Waals surface area contributed by atoms with Crippen LogP contribution in [0.5, 0.6) is 11.5 Å². The number of hydrogen-bond donors (Lipinski definition) is 0. The number of benzene rings is 2. The van der Waals surface area contributed by atoms with E-state index in [0.29, 0.717) is 40.6 Å². The molecule has 0 N–H and O–H groups in total. The molecule has 9 nitrogen and oxygen atoms in total. The molecule has 2 aromatic heterocycles. The standard InChI is InChI=1S/C21H20N4O5/c1-3-28-16-10-6-7-11-17(16)29-13-19(26)30-12-18-22-23-21-24(2)20(27)14-8-4-5-9-15(14)25(18)21/h4-11H,3,12-13H2,1-2H3. The first-order valence-electron chi connectivity index (χ1n) is 9.42. The van der Waals surface area contributed by atoms with Crippen LogP contribution in [0.4, 0.5) is 0 Å². The number of fused-ring (bicyclic) bond motifs is 3. The summed E-state index contributed by atoms with van der Waals surface area (Å²) in [5.74, 6) is 1.23. The van der Waals surface area contributed by atoms with Crippen LogP contribution in [0.1, 0.15) is 12.7 Å². The van der Waals surface area contributed by atoms with E-state index in [1.54, 1.807) is 47.8 Å². The zero-order chi connectivity index (χ0) is 21.1. The lowest BCUT2D eigenvalue weighted by Crippen LogP contribution is -2.21. The van der Waals surface area contributed by atoms with Gasteiger partial charge < -0.3 is 14.2 Å². The summed E-state index contributed by atoms with van der Waals surface area (Å²) in [4.78, 5) is 24.7. The molecule has 4 rings (SSSR count). The van der Waals surface area contributed by atoms with Gasteiger partial charge in [0.15, 0.2) is 30.5 Å². The average molecular weight is 408 g/mol. The van der Waals surface area contributed by atoms with Crippen molar-refractivity contribution in [2.75, 3.05) is 13.2 Å². The van der Waals surface area contributed by atoms with E-state index in [4.69, 9.17) is 14.2 Å². The van der Waals surface area contributed by atoms with Gasteiger partial charge in [0.25, 0.3) is 5.56 Å². The Kier molecular flexibility index (Phi) is 5.34. The molecule has 4 aromatic rings. The highest BCUT2D eigenvalue weighted by Crippen LogP contribution is 2.26. The lowest BCUT2D eigenvalue weighted by Gasteiger charge is -2.11. The third kappa shape index (κ3) is 3.57. The van der Waals surface area contributed by atoms with E-state index in [2.05, 4.69) is 10.2 Å². The molecule has 0 aliphatic carbocycles. The van der Waals surface area contributed by atoms with E-state index in [-0.39, 0.29) is 18.8 Å². The highest BCUT2D eigenvalue weighted by molar-refractivity contribution is 5.80. The van der Waals surface area contributed by atoms with Crippen molar-refractivity contribution in [3.63, 3.8) is 0 Å². The number of para-hydroxylation sites is 3. The topological polar surface area (TPSA) is 96.9 Å². The lowest BCUT2D eigenvalue weighted by molar-refractivity contribution is -0.147. The number of aryl methyl sites for hydroxylation is 1. The summed E-state index contributed by atoms with van der Waals surface area (Å²) in [5, 5.41) is 8.68. The summed E-state index contributed by atoms with van der Waals surface area (Å²) in [6, 6.07) is 14.2. The summed E-state index contributed by atoms with van der Waals surface area (Å²) in [6.45, 7) is 1.97. The SMILES string of the molecule is CCOc1ccccc1OCC(=O)OCc1nnc2n(C)c(=O)c3ccccc3n12. The number of nitrogens with zero attached hydrogens (tertiary/aromatic N) is 4. The Hall–Kier alpha value is -3.88. The van der Waals surface area contributed by atoms with Crippen LogP contribution < -0.4 is 15.0 Å². The van der Waals surface area contributed by atoms with Gasteiger partial charge in [-0.25, -0.2) is 4.79 Å². The minimum Gasteiger partial charge on any atom is -0.490 e. The number of rotatable bonds is 7. The van der Waals surface area contributed by atoms with E-state index in [1.165, 1.54) is 4.57 Å². The predicted molar refractivity (Wildman–Crippen MR) is 109 cm³/mol. The van der Waals surface area contributed by atoms with Gasteiger partial charge in [0.05, 0.1) is 17.5 Å². The number of esters is 1. The van der Waals surface area contributed by atoms with Gasteiger partial charge in [-0.05, 0) is 31.2 Å². The smallest absolute Gasteiger partial charge is 0.344 e. The first kappa shape index (κ1) is 19.4. The van der Waals surface area contributed by atoms with Crippen molar-refractivity contribution in [2.45, 2.75) is 13.5 Å². The van der Waals surface area contributed by atoms with Crippen molar-refractivity contribution in [2.24, 2.45) is 7.05 Å². The van der Waals surface area contributed by atoms with Crippen molar-refractivity contribution in [3.05, 3.63) is 64.7 Å². The Morgan fingerprint density at radius 2 is 1.70 bits per heavy atom. The molecule has 0 unspecified atom stereocenters. The third-order valence-corrected chi connectivity index (χ3v) is 4.55. The second-order valence-corrected chi connectivity index (χ2v) is 6.46. The molecule has 154 valence electrons. The zero-order valence-electron chi connectivity index (χ0n) is 16.6. The fourth-order valence-electron chi connectivity index (χ4n) is 3.15. The molecule has 0 aliphatic rings. The van der Waals surface area contributed by atoms with Crippen molar-refractivity contribution >= 4 is 22.6 Å². The van der Waals surface area contributed by atoms with Crippen LogP contribution in [0.15, 0.2) is 53.3 Å². The molecule has 0 saturated heterocycles. The number of hydrogen-bond acceptors (Lipinski definition) is 7. The molecule has 2 aromatic carbocycles. The van der Waals surface area contributed by atoms with Gasteiger partial charge in [-0.3, -0.25) is 13.8 Å². The Labute approximate surface area is 171 Å². The van der Waals surface area contributed by atoms with E-state index >= 15 is 0 Å². The van der Waals surface area contributed by atoms with Gasteiger partial charge >= 0.3 is 5.97 Å². The Morgan fingerprint density at radius 3 is 2.47 bits per heavy atom. The monoisotopic (exact) mass is 408 g/mol. The number of ether oxygens (including phenoxy) is 3. The van der Waals surface area contributed by atoms with E-state index in [1.807, 2.05) is 19.1 Å². The minimum atomic E-state index is -0.563. The molecule has 0 radical (unpaired) electrons. The van der Waals surface area contributed by atoms with E-state index in [0.717, 1.165) is 0 Å². The molecule has 0 atom stereocenters. The molecule has 0 bridgehead atoms. The van der Waals surface area contributed by atoms with Gasteiger partial charge in [0, 0.05) is 7.05 Å². The van der Waals surface area contributed by atoms with Crippen LogP contribution in [0.3, 0.4) is 0 Å². The van der Waals surface area contributed by atoms with Crippen LogP contribution in [0, 0.1) is 0 Å². The van der Waals surface area contributed by atoms with Crippen LogP contribution in [-0.2, 0) is 23.2 Å². The summed E-state index contributed by atoms with van der Waals surface area (Å²) in [6.07, 6.45) is 0. The number of carbonyl (C=O) groups excluding carboxylic acids is 1. The first-order valence-corrected chi connectivity index (χ1v) is 9.42. The molecule has 9 heteroatoms. The highest BCUT2D eigenvalue weighted by atomic mass is 16.6. The normalized spacial score (nSPS) is 11.0. The third-order valence-electron chi connectivity index (χ3n) is 4.55. The van der Waals surface area contributed by atoms with Gasteiger partial charge in [0.2, 0.25) is 5.78 Å².